The molecule has 96 valence electrons. The zero-order chi connectivity index (χ0) is 12.6. The van der Waals surface area contributed by atoms with Gasteiger partial charge in [-0.2, -0.15) is 11.8 Å². The second-order valence-electron chi connectivity index (χ2n) is 4.45. The van der Waals surface area contributed by atoms with Gasteiger partial charge in [-0.3, -0.25) is 4.79 Å². The molecule has 0 amide bonds. The number of likely N-dealkylation sites (N-methyl/N-ethyl adjacent to an activating group) is 1. The molecule has 0 aliphatic carbocycles. The molecule has 16 heavy (non-hydrogen) atoms. The van der Waals surface area contributed by atoms with Crippen molar-refractivity contribution in [3.05, 3.63) is 0 Å². The predicted octanol–water partition coefficient (Wildman–Crippen LogP) is 2.45. The van der Waals surface area contributed by atoms with Gasteiger partial charge in [-0.25, -0.2) is 0 Å². The fourth-order valence-corrected chi connectivity index (χ4v) is 2.30. The van der Waals surface area contributed by atoms with Gasteiger partial charge in [-0.1, -0.05) is 20.3 Å². The molecule has 4 heteroatoms. The SMILES string of the molecule is CNC(C)(CCCCSC(C)C)C(=O)OC. The number of thioether (sulfide) groups is 1. The van der Waals surface area contributed by atoms with E-state index in [0.717, 1.165) is 19.3 Å². The molecular formula is C12H25NO2S. The fourth-order valence-electron chi connectivity index (χ4n) is 1.45. The molecule has 0 spiro atoms. The number of esters is 1. The molecule has 3 nitrogen and oxygen atoms in total. The molecule has 1 atom stereocenters. The third kappa shape index (κ3) is 5.75. The van der Waals surface area contributed by atoms with E-state index >= 15 is 0 Å². The minimum Gasteiger partial charge on any atom is -0.468 e. The van der Waals surface area contributed by atoms with Crippen molar-refractivity contribution >= 4 is 17.7 Å². The molecule has 0 bridgehead atoms. The number of carbonyl (C=O) groups is 1. The van der Waals surface area contributed by atoms with E-state index in [2.05, 4.69) is 19.2 Å². The molecule has 0 rings (SSSR count). The number of carbonyl (C=O) groups excluding carboxylic acids is 1. The van der Waals surface area contributed by atoms with Crippen LogP contribution in [-0.2, 0) is 9.53 Å². The van der Waals surface area contributed by atoms with E-state index in [-0.39, 0.29) is 5.97 Å². The predicted molar refractivity (Wildman–Crippen MR) is 70.9 cm³/mol. The second kappa shape index (κ2) is 7.96. The molecule has 0 aromatic carbocycles. The van der Waals surface area contributed by atoms with Crippen LogP contribution in [0.1, 0.15) is 40.0 Å². The Kier molecular flexibility index (Phi) is 7.85. The van der Waals surface area contributed by atoms with Crippen molar-refractivity contribution in [3.63, 3.8) is 0 Å². The van der Waals surface area contributed by atoms with Gasteiger partial charge in [-0.05, 0) is 37.8 Å². The Labute approximate surface area is 104 Å². The fraction of sp³-hybridized carbons (Fsp3) is 0.917. The normalized spacial score (nSPS) is 14.9. The van der Waals surface area contributed by atoms with Crippen LogP contribution in [0.25, 0.3) is 0 Å². The molecule has 0 heterocycles. The van der Waals surface area contributed by atoms with E-state index in [1.807, 2.05) is 18.7 Å². The van der Waals surface area contributed by atoms with E-state index in [1.165, 1.54) is 12.9 Å². The van der Waals surface area contributed by atoms with Gasteiger partial charge < -0.3 is 10.1 Å². The summed E-state index contributed by atoms with van der Waals surface area (Å²) in [6.45, 7) is 6.31. The Balaban J connectivity index is 3.83. The Morgan fingerprint density at radius 1 is 1.44 bits per heavy atom. The zero-order valence-corrected chi connectivity index (χ0v) is 11.9. The van der Waals surface area contributed by atoms with Crippen LogP contribution in [0.5, 0.6) is 0 Å². The lowest BCUT2D eigenvalue weighted by molar-refractivity contribution is -0.148. The summed E-state index contributed by atoms with van der Waals surface area (Å²) in [7, 11) is 3.24. The van der Waals surface area contributed by atoms with Crippen LogP contribution in [0, 0.1) is 0 Å². The van der Waals surface area contributed by atoms with Crippen LogP contribution in [-0.4, -0.2) is 36.7 Å². The smallest absolute Gasteiger partial charge is 0.325 e. The summed E-state index contributed by atoms with van der Waals surface area (Å²) in [5.41, 5.74) is -0.531. The number of ether oxygens (including phenoxy) is 1. The third-order valence-electron chi connectivity index (χ3n) is 2.71. The number of unbranched alkanes of at least 4 members (excludes halogenated alkanes) is 1. The summed E-state index contributed by atoms with van der Waals surface area (Å²) in [6, 6.07) is 0. The molecule has 0 aliphatic heterocycles. The summed E-state index contributed by atoms with van der Waals surface area (Å²) in [6.07, 6.45) is 3.03. The summed E-state index contributed by atoms with van der Waals surface area (Å²) < 4.78 is 4.79. The highest BCUT2D eigenvalue weighted by atomic mass is 32.2. The number of rotatable bonds is 8. The average Bonchev–Trinajstić information content (AvgIpc) is 2.26. The van der Waals surface area contributed by atoms with Gasteiger partial charge in [0.05, 0.1) is 7.11 Å². The molecule has 0 aromatic rings. The highest BCUT2D eigenvalue weighted by Crippen LogP contribution is 2.18. The minimum absolute atomic E-state index is 0.175. The van der Waals surface area contributed by atoms with E-state index in [0.29, 0.717) is 5.25 Å². The minimum atomic E-state index is -0.531. The van der Waals surface area contributed by atoms with Gasteiger partial charge in [-0.15, -0.1) is 0 Å². The van der Waals surface area contributed by atoms with Crippen LogP contribution in [0.4, 0.5) is 0 Å². The standard InChI is InChI=1S/C12H25NO2S/c1-10(2)16-9-7-6-8-12(3,13-4)11(14)15-5/h10,13H,6-9H2,1-5H3. The molecule has 0 saturated carbocycles. The van der Waals surface area contributed by atoms with Crippen LogP contribution in [0.2, 0.25) is 0 Å². The monoisotopic (exact) mass is 247 g/mol. The Hall–Kier alpha value is -0.220. The quantitative estimate of drug-likeness (QED) is 0.528. The Bertz CT molecular complexity index is 209. The average molecular weight is 247 g/mol. The first-order valence-corrected chi connectivity index (χ1v) is 6.90. The summed E-state index contributed by atoms with van der Waals surface area (Å²) >= 11 is 1.97. The Morgan fingerprint density at radius 3 is 2.50 bits per heavy atom. The van der Waals surface area contributed by atoms with Crippen molar-refractivity contribution in [1.82, 2.24) is 5.32 Å². The third-order valence-corrected chi connectivity index (χ3v) is 3.90. The van der Waals surface area contributed by atoms with Gasteiger partial charge in [0.25, 0.3) is 0 Å². The molecule has 1 unspecified atom stereocenters. The molecule has 0 aliphatic rings. The van der Waals surface area contributed by atoms with Crippen molar-refractivity contribution in [2.75, 3.05) is 19.9 Å². The first kappa shape index (κ1) is 15.8. The topological polar surface area (TPSA) is 38.3 Å². The summed E-state index contributed by atoms with van der Waals surface area (Å²) in [5.74, 6) is 0.991. The van der Waals surface area contributed by atoms with Gasteiger partial charge in [0.15, 0.2) is 0 Å². The van der Waals surface area contributed by atoms with Crippen LogP contribution in [0.15, 0.2) is 0 Å². The number of hydrogen-bond acceptors (Lipinski definition) is 4. The highest BCUT2D eigenvalue weighted by Gasteiger charge is 2.31. The zero-order valence-electron chi connectivity index (χ0n) is 11.1. The first-order valence-electron chi connectivity index (χ1n) is 5.85. The van der Waals surface area contributed by atoms with Crippen LogP contribution >= 0.6 is 11.8 Å². The van der Waals surface area contributed by atoms with E-state index in [4.69, 9.17) is 4.74 Å². The molecule has 0 aromatic heterocycles. The van der Waals surface area contributed by atoms with Crippen molar-refractivity contribution in [2.24, 2.45) is 0 Å². The van der Waals surface area contributed by atoms with Crippen molar-refractivity contribution in [2.45, 2.75) is 50.8 Å². The lowest BCUT2D eigenvalue weighted by Gasteiger charge is -2.25. The van der Waals surface area contributed by atoms with E-state index in [1.54, 1.807) is 7.05 Å². The summed E-state index contributed by atoms with van der Waals surface area (Å²) in [5, 5.41) is 3.74. The maximum Gasteiger partial charge on any atom is 0.325 e. The van der Waals surface area contributed by atoms with Crippen LogP contribution < -0.4 is 5.32 Å². The number of hydrogen-bond donors (Lipinski definition) is 1. The van der Waals surface area contributed by atoms with Gasteiger partial charge in [0.1, 0.15) is 5.54 Å². The van der Waals surface area contributed by atoms with Gasteiger partial charge >= 0.3 is 5.97 Å². The molecule has 0 radical (unpaired) electrons. The van der Waals surface area contributed by atoms with E-state index in [9.17, 15) is 4.79 Å². The summed E-state index contributed by atoms with van der Waals surface area (Å²) in [4.78, 5) is 11.5. The lowest BCUT2D eigenvalue weighted by atomic mass is 9.95. The second-order valence-corrected chi connectivity index (χ2v) is 6.13. The van der Waals surface area contributed by atoms with Crippen LogP contribution in [0.3, 0.4) is 0 Å². The first-order chi connectivity index (χ1) is 7.46. The van der Waals surface area contributed by atoms with Gasteiger partial charge in [0, 0.05) is 0 Å². The maximum absolute atomic E-state index is 11.5. The molecule has 1 N–H and O–H groups in total. The molecule has 0 saturated heterocycles. The largest absolute Gasteiger partial charge is 0.468 e. The lowest BCUT2D eigenvalue weighted by Crippen LogP contribution is -2.48. The van der Waals surface area contributed by atoms with Crippen molar-refractivity contribution < 1.29 is 9.53 Å². The van der Waals surface area contributed by atoms with Crippen molar-refractivity contribution in [1.29, 1.82) is 0 Å². The molecule has 0 fully saturated rings. The maximum atomic E-state index is 11.5. The van der Waals surface area contributed by atoms with Crippen molar-refractivity contribution in [3.8, 4) is 0 Å². The van der Waals surface area contributed by atoms with Gasteiger partial charge in [0.2, 0.25) is 0 Å². The van der Waals surface area contributed by atoms with E-state index < -0.39 is 5.54 Å². The Morgan fingerprint density at radius 2 is 2.06 bits per heavy atom. The number of methoxy groups -OCH3 is 1. The highest BCUT2D eigenvalue weighted by molar-refractivity contribution is 7.99. The molecular weight excluding hydrogens is 222 g/mol. The number of nitrogens with one attached hydrogen (secondary N) is 1.